The van der Waals surface area contributed by atoms with Crippen molar-refractivity contribution in [3.05, 3.63) is 71.7 Å². The molecule has 9 heteroatoms. The van der Waals surface area contributed by atoms with Gasteiger partial charge in [0, 0.05) is 41.4 Å². The average Bonchev–Trinajstić information content (AvgIpc) is 3.07. The Labute approximate surface area is 169 Å². The van der Waals surface area contributed by atoms with Gasteiger partial charge in [0.2, 0.25) is 0 Å². The maximum atomic E-state index is 14.0. The SMILES string of the molecule is Cc1cc(NCc2c(F)cccc2F)c2c(-c3ccnc(N)c3)cn(C(=O)O)c2n1. The normalized spacial score (nSPS) is 11.0. The maximum absolute atomic E-state index is 14.0. The van der Waals surface area contributed by atoms with Gasteiger partial charge in [0.25, 0.3) is 0 Å². The monoisotopic (exact) mass is 409 g/mol. The first kappa shape index (κ1) is 19.3. The highest BCUT2D eigenvalue weighted by Crippen LogP contribution is 2.36. The van der Waals surface area contributed by atoms with Gasteiger partial charge in [-0.25, -0.2) is 28.1 Å². The molecule has 30 heavy (non-hydrogen) atoms. The number of anilines is 2. The molecule has 0 saturated heterocycles. The number of hydrogen-bond acceptors (Lipinski definition) is 5. The fraction of sp³-hybridized carbons (Fsp3) is 0.0952. The van der Waals surface area contributed by atoms with Gasteiger partial charge < -0.3 is 16.2 Å². The second kappa shape index (κ2) is 7.43. The van der Waals surface area contributed by atoms with Crippen LogP contribution in [0.3, 0.4) is 0 Å². The molecule has 0 aliphatic heterocycles. The van der Waals surface area contributed by atoms with E-state index in [9.17, 15) is 18.7 Å². The van der Waals surface area contributed by atoms with Crippen LogP contribution in [0.2, 0.25) is 0 Å². The van der Waals surface area contributed by atoms with Gasteiger partial charge >= 0.3 is 6.09 Å². The van der Waals surface area contributed by atoms with E-state index in [0.717, 1.165) is 4.57 Å². The van der Waals surface area contributed by atoms with Gasteiger partial charge in [0.05, 0.1) is 5.39 Å². The van der Waals surface area contributed by atoms with Crippen LogP contribution in [0.15, 0.2) is 48.8 Å². The molecule has 0 unspecified atom stereocenters. The Morgan fingerprint density at radius 1 is 1.23 bits per heavy atom. The van der Waals surface area contributed by atoms with Crippen molar-refractivity contribution in [2.75, 3.05) is 11.1 Å². The summed E-state index contributed by atoms with van der Waals surface area (Å²) in [7, 11) is 0. The number of aryl methyl sites for hydroxylation is 1. The highest BCUT2D eigenvalue weighted by Gasteiger charge is 2.20. The lowest BCUT2D eigenvalue weighted by molar-refractivity contribution is 0.197. The molecule has 0 amide bonds. The van der Waals surface area contributed by atoms with Gasteiger partial charge in [-0.15, -0.1) is 0 Å². The molecule has 0 saturated carbocycles. The molecule has 7 nitrogen and oxygen atoms in total. The summed E-state index contributed by atoms with van der Waals surface area (Å²) in [5.41, 5.74) is 8.09. The molecule has 0 fully saturated rings. The fourth-order valence-electron chi connectivity index (χ4n) is 3.36. The molecular formula is C21H17F2N5O2. The quantitative estimate of drug-likeness (QED) is 0.461. The molecular weight excluding hydrogens is 392 g/mol. The minimum atomic E-state index is -1.21. The zero-order valence-electron chi connectivity index (χ0n) is 15.9. The summed E-state index contributed by atoms with van der Waals surface area (Å²) in [4.78, 5) is 20.1. The van der Waals surface area contributed by atoms with E-state index in [0.29, 0.717) is 27.9 Å². The summed E-state index contributed by atoms with van der Waals surface area (Å²) in [6, 6.07) is 8.65. The van der Waals surface area contributed by atoms with Crippen LogP contribution in [0, 0.1) is 18.6 Å². The number of benzene rings is 1. The lowest BCUT2D eigenvalue weighted by atomic mass is 10.1. The molecule has 3 heterocycles. The Morgan fingerprint density at radius 2 is 1.97 bits per heavy atom. The van der Waals surface area contributed by atoms with E-state index in [4.69, 9.17) is 5.73 Å². The van der Waals surface area contributed by atoms with Crippen LogP contribution in [-0.2, 0) is 6.54 Å². The van der Waals surface area contributed by atoms with Gasteiger partial charge in [-0.1, -0.05) is 6.07 Å². The van der Waals surface area contributed by atoms with Crippen molar-refractivity contribution in [2.45, 2.75) is 13.5 Å². The van der Waals surface area contributed by atoms with E-state index >= 15 is 0 Å². The molecule has 0 radical (unpaired) electrons. The summed E-state index contributed by atoms with van der Waals surface area (Å²) in [6.45, 7) is 1.57. The molecule has 0 bridgehead atoms. The Kier molecular flexibility index (Phi) is 4.78. The zero-order chi connectivity index (χ0) is 21.4. The molecule has 0 aliphatic rings. The number of aromatic nitrogens is 3. The molecule has 0 atom stereocenters. The predicted molar refractivity (Wildman–Crippen MR) is 109 cm³/mol. The van der Waals surface area contributed by atoms with Crippen LogP contribution in [0.5, 0.6) is 0 Å². The topological polar surface area (TPSA) is 106 Å². The van der Waals surface area contributed by atoms with Gasteiger partial charge in [-0.3, -0.25) is 0 Å². The Balaban J connectivity index is 1.90. The third-order valence-corrected chi connectivity index (χ3v) is 4.70. The van der Waals surface area contributed by atoms with Crippen LogP contribution < -0.4 is 11.1 Å². The Bertz CT molecular complexity index is 1270. The van der Waals surface area contributed by atoms with Crippen LogP contribution in [0.25, 0.3) is 22.2 Å². The fourth-order valence-corrected chi connectivity index (χ4v) is 3.36. The van der Waals surface area contributed by atoms with Crippen molar-refractivity contribution in [3.63, 3.8) is 0 Å². The summed E-state index contributed by atoms with van der Waals surface area (Å²) in [5.74, 6) is -1.07. The van der Waals surface area contributed by atoms with E-state index in [1.54, 1.807) is 25.1 Å². The summed E-state index contributed by atoms with van der Waals surface area (Å²) >= 11 is 0. The van der Waals surface area contributed by atoms with Crippen molar-refractivity contribution in [1.29, 1.82) is 0 Å². The number of rotatable bonds is 4. The number of nitrogen functional groups attached to an aromatic ring is 1. The maximum Gasteiger partial charge on any atom is 0.417 e. The van der Waals surface area contributed by atoms with E-state index in [2.05, 4.69) is 15.3 Å². The summed E-state index contributed by atoms with van der Waals surface area (Å²) in [5, 5.41) is 13.1. The molecule has 0 spiro atoms. The molecule has 1 aromatic carbocycles. The van der Waals surface area contributed by atoms with Gasteiger partial charge in [-0.2, -0.15) is 0 Å². The van der Waals surface area contributed by atoms with E-state index in [-0.39, 0.29) is 23.6 Å². The average molecular weight is 409 g/mol. The number of carbonyl (C=O) groups is 1. The number of nitrogens with two attached hydrogens (primary N) is 1. The summed E-state index contributed by atoms with van der Waals surface area (Å²) < 4.78 is 29.1. The summed E-state index contributed by atoms with van der Waals surface area (Å²) in [6.07, 6.45) is 1.73. The Morgan fingerprint density at radius 3 is 2.63 bits per heavy atom. The second-order valence-corrected chi connectivity index (χ2v) is 6.73. The van der Waals surface area contributed by atoms with E-state index in [1.165, 1.54) is 30.6 Å². The van der Waals surface area contributed by atoms with Gasteiger partial charge in [0.1, 0.15) is 17.5 Å². The Hall–Kier alpha value is -4.01. The second-order valence-electron chi connectivity index (χ2n) is 6.73. The van der Waals surface area contributed by atoms with Crippen LogP contribution in [0.4, 0.5) is 25.1 Å². The first-order chi connectivity index (χ1) is 14.3. The van der Waals surface area contributed by atoms with Gasteiger partial charge in [-0.05, 0) is 42.8 Å². The van der Waals surface area contributed by atoms with Crippen molar-refractivity contribution >= 4 is 28.6 Å². The van der Waals surface area contributed by atoms with Crippen molar-refractivity contribution in [1.82, 2.24) is 14.5 Å². The number of nitrogens with zero attached hydrogens (tertiary/aromatic N) is 3. The zero-order valence-corrected chi connectivity index (χ0v) is 15.9. The molecule has 0 aliphatic carbocycles. The standard InChI is InChI=1S/C21H17F2N5O2/c1-11-7-17(26-9-13-15(22)3-2-4-16(13)23)19-14(12-5-6-25-18(24)8-12)10-28(21(29)30)20(19)27-11/h2-8,10H,9H2,1H3,(H2,24,25)(H,26,27)(H,29,30). The number of pyridine rings is 2. The third kappa shape index (κ3) is 3.41. The first-order valence-electron chi connectivity index (χ1n) is 9.00. The number of nitrogens with one attached hydrogen (secondary N) is 1. The lowest BCUT2D eigenvalue weighted by Crippen LogP contribution is -2.08. The predicted octanol–water partition coefficient (Wildman–Crippen LogP) is 4.41. The van der Waals surface area contributed by atoms with Gasteiger partial charge in [0.15, 0.2) is 5.65 Å². The number of hydrogen-bond donors (Lipinski definition) is 3. The molecule has 152 valence electrons. The minimum absolute atomic E-state index is 0.118. The van der Waals surface area contributed by atoms with E-state index in [1.807, 2.05) is 0 Å². The van der Waals surface area contributed by atoms with Crippen molar-refractivity contribution < 1.29 is 18.7 Å². The van der Waals surface area contributed by atoms with Crippen LogP contribution >= 0.6 is 0 Å². The highest BCUT2D eigenvalue weighted by atomic mass is 19.1. The minimum Gasteiger partial charge on any atom is -0.464 e. The molecule has 3 aromatic heterocycles. The molecule has 4 rings (SSSR count). The smallest absolute Gasteiger partial charge is 0.417 e. The van der Waals surface area contributed by atoms with Crippen molar-refractivity contribution in [3.8, 4) is 11.1 Å². The first-order valence-corrected chi connectivity index (χ1v) is 9.00. The number of carboxylic acid groups (broad SMARTS) is 1. The highest BCUT2D eigenvalue weighted by molar-refractivity contribution is 6.05. The number of fused-ring (bicyclic) bond motifs is 1. The van der Waals surface area contributed by atoms with Crippen LogP contribution in [-0.4, -0.2) is 25.7 Å². The van der Waals surface area contributed by atoms with Crippen LogP contribution in [0.1, 0.15) is 11.3 Å². The van der Waals surface area contributed by atoms with Crippen molar-refractivity contribution in [2.24, 2.45) is 0 Å². The third-order valence-electron chi connectivity index (χ3n) is 4.70. The largest absolute Gasteiger partial charge is 0.464 e. The molecule has 4 N–H and O–H groups in total. The number of halogens is 2. The van der Waals surface area contributed by atoms with E-state index < -0.39 is 17.7 Å². The molecule has 4 aromatic rings. The lowest BCUT2D eigenvalue weighted by Gasteiger charge is -2.12.